The van der Waals surface area contributed by atoms with E-state index in [-0.39, 0.29) is 24.6 Å². The molecular formula is C22H21F3N2O3. The maximum atomic E-state index is 14.3. The van der Waals surface area contributed by atoms with Gasteiger partial charge in [0.05, 0.1) is 17.7 Å². The molecule has 0 saturated heterocycles. The topological polar surface area (TPSA) is 74.3 Å². The zero-order chi connectivity index (χ0) is 21.5. The van der Waals surface area contributed by atoms with Crippen molar-refractivity contribution in [2.45, 2.75) is 37.8 Å². The number of rotatable bonds is 5. The van der Waals surface area contributed by atoms with Gasteiger partial charge in [0.1, 0.15) is 17.5 Å². The number of H-pyrrole nitrogens is 1. The number of benzene rings is 2. The van der Waals surface area contributed by atoms with Crippen LogP contribution in [0.15, 0.2) is 36.4 Å². The van der Waals surface area contributed by atoms with E-state index >= 15 is 0 Å². The van der Waals surface area contributed by atoms with Crippen molar-refractivity contribution in [1.82, 2.24) is 10.3 Å². The predicted molar refractivity (Wildman–Crippen MR) is 105 cm³/mol. The van der Waals surface area contributed by atoms with Crippen LogP contribution in [0.4, 0.5) is 18.0 Å². The minimum atomic E-state index is -0.764. The predicted octanol–water partition coefficient (Wildman–Crippen LogP) is 4.43. The zero-order valence-corrected chi connectivity index (χ0v) is 16.3. The molecule has 1 aromatic heterocycles. The van der Waals surface area contributed by atoms with E-state index in [9.17, 15) is 23.1 Å². The van der Waals surface area contributed by atoms with E-state index in [2.05, 4.69) is 10.3 Å². The highest BCUT2D eigenvalue weighted by atomic mass is 19.1. The summed E-state index contributed by atoms with van der Waals surface area (Å²) in [5.74, 6) is -1.87. The number of fused-ring (bicyclic) bond motifs is 1. The Balaban J connectivity index is 1.53. The van der Waals surface area contributed by atoms with Gasteiger partial charge in [-0.15, -0.1) is 0 Å². The number of aliphatic hydroxyl groups is 1. The van der Waals surface area contributed by atoms with Crippen LogP contribution in [-0.2, 0) is 11.2 Å². The Hall–Kier alpha value is -3.00. The molecule has 1 heterocycles. The lowest BCUT2D eigenvalue weighted by molar-refractivity contribution is -0.0379. The lowest BCUT2D eigenvalue weighted by Crippen LogP contribution is -2.53. The molecule has 158 valence electrons. The Kier molecular flexibility index (Phi) is 5.19. The molecule has 1 saturated carbocycles. The van der Waals surface area contributed by atoms with Crippen LogP contribution in [0.3, 0.4) is 0 Å². The van der Waals surface area contributed by atoms with Crippen molar-refractivity contribution in [3.05, 3.63) is 59.4 Å². The Labute approximate surface area is 170 Å². The van der Waals surface area contributed by atoms with Gasteiger partial charge in [-0.2, -0.15) is 0 Å². The third-order valence-corrected chi connectivity index (χ3v) is 5.34. The number of nitrogens with one attached hydrogen (secondary N) is 2. The molecule has 0 bridgehead atoms. The number of hydrogen-bond donors (Lipinski definition) is 3. The molecule has 0 atom stereocenters. The zero-order valence-electron chi connectivity index (χ0n) is 16.3. The molecule has 0 unspecified atom stereocenters. The van der Waals surface area contributed by atoms with Gasteiger partial charge in [0.15, 0.2) is 0 Å². The molecule has 8 heteroatoms. The fourth-order valence-corrected chi connectivity index (χ4v) is 3.95. The van der Waals surface area contributed by atoms with Crippen LogP contribution in [0.2, 0.25) is 0 Å². The Morgan fingerprint density at radius 1 is 1.20 bits per heavy atom. The van der Waals surface area contributed by atoms with E-state index in [0.717, 1.165) is 6.07 Å². The van der Waals surface area contributed by atoms with Crippen molar-refractivity contribution in [3.8, 4) is 11.3 Å². The van der Waals surface area contributed by atoms with Crippen molar-refractivity contribution in [3.63, 3.8) is 0 Å². The molecule has 1 fully saturated rings. The van der Waals surface area contributed by atoms with Crippen LogP contribution in [0.1, 0.15) is 25.3 Å². The first-order chi connectivity index (χ1) is 14.2. The summed E-state index contributed by atoms with van der Waals surface area (Å²) in [6.07, 6.45) is 0.497. The van der Waals surface area contributed by atoms with E-state index < -0.39 is 29.1 Å². The van der Waals surface area contributed by atoms with Crippen LogP contribution in [-0.4, -0.2) is 34.4 Å². The van der Waals surface area contributed by atoms with Gasteiger partial charge in [-0.25, -0.2) is 18.0 Å². The summed E-state index contributed by atoms with van der Waals surface area (Å²) in [4.78, 5) is 14.9. The fourth-order valence-electron chi connectivity index (χ4n) is 3.95. The smallest absolute Gasteiger partial charge is 0.407 e. The van der Waals surface area contributed by atoms with Gasteiger partial charge in [-0.05, 0) is 61.2 Å². The van der Waals surface area contributed by atoms with Gasteiger partial charge < -0.3 is 20.1 Å². The average Bonchev–Trinajstić information content (AvgIpc) is 3.00. The summed E-state index contributed by atoms with van der Waals surface area (Å²) < 4.78 is 46.6. The number of aromatic amines is 1. The van der Waals surface area contributed by atoms with Gasteiger partial charge in [0.25, 0.3) is 0 Å². The number of amides is 1. The Morgan fingerprint density at radius 3 is 2.57 bits per heavy atom. The van der Waals surface area contributed by atoms with Crippen LogP contribution < -0.4 is 5.32 Å². The highest BCUT2D eigenvalue weighted by molar-refractivity contribution is 5.91. The van der Waals surface area contributed by atoms with Crippen molar-refractivity contribution < 1.29 is 27.8 Å². The summed E-state index contributed by atoms with van der Waals surface area (Å²) in [7, 11) is 0. The van der Waals surface area contributed by atoms with Crippen molar-refractivity contribution in [1.29, 1.82) is 0 Å². The third kappa shape index (κ3) is 4.14. The molecule has 30 heavy (non-hydrogen) atoms. The molecule has 5 nitrogen and oxygen atoms in total. The lowest BCUT2D eigenvalue weighted by Gasteiger charge is -2.40. The number of aromatic nitrogens is 1. The number of halogens is 3. The fraction of sp³-hybridized carbons (Fsp3) is 0.318. The molecule has 1 amide bonds. The Morgan fingerprint density at radius 2 is 1.90 bits per heavy atom. The minimum Gasteiger partial charge on any atom is -0.449 e. The second-order valence-electron chi connectivity index (χ2n) is 7.93. The molecular weight excluding hydrogens is 397 g/mol. The van der Waals surface area contributed by atoms with E-state index in [0.29, 0.717) is 35.0 Å². The number of ether oxygens (including phenoxy) is 1. The van der Waals surface area contributed by atoms with Crippen molar-refractivity contribution in [2.75, 3.05) is 6.61 Å². The molecule has 0 radical (unpaired) electrons. The van der Waals surface area contributed by atoms with E-state index in [1.165, 1.54) is 30.3 Å². The first-order valence-corrected chi connectivity index (χ1v) is 9.63. The summed E-state index contributed by atoms with van der Waals surface area (Å²) in [6.45, 7) is 1.68. The maximum absolute atomic E-state index is 14.3. The van der Waals surface area contributed by atoms with Gasteiger partial charge in [0, 0.05) is 29.6 Å². The SMILES string of the molecule is CC1(O)CC(NC(=O)OCCc2c(-c3ccc(F)cc3)[nH]c3c(F)cc(F)cc23)C1. The van der Waals surface area contributed by atoms with Crippen molar-refractivity contribution >= 4 is 17.0 Å². The van der Waals surface area contributed by atoms with Gasteiger partial charge >= 0.3 is 6.09 Å². The first kappa shape index (κ1) is 20.3. The van der Waals surface area contributed by atoms with Crippen LogP contribution in [0.25, 0.3) is 22.2 Å². The van der Waals surface area contributed by atoms with Crippen LogP contribution in [0, 0.1) is 17.5 Å². The normalized spacial score (nSPS) is 20.8. The molecule has 4 rings (SSSR count). The molecule has 1 aliphatic rings. The molecule has 3 N–H and O–H groups in total. The molecule has 1 aliphatic carbocycles. The quantitative estimate of drug-likeness (QED) is 0.574. The monoisotopic (exact) mass is 418 g/mol. The van der Waals surface area contributed by atoms with Gasteiger partial charge in [-0.1, -0.05) is 0 Å². The standard InChI is InChI=1S/C22H21F3N2O3/c1-22(29)10-15(11-22)26-21(28)30-7-6-16-17-8-14(24)9-18(25)20(17)27-19(16)12-2-4-13(23)5-3-12/h2-5,8-9,15,27,29H,6-7,10-11H2,1H3,(H,26,28). The number of hydrogen-bond acceptors (Lipinski definition) is 3. The summed E-state index contributed by atoms with van der Waals surface area (Å²) in [5, 5.41) is 12.7. The summed E-state index contributed by atoms with van der Waals surface area (Å²) >= 11 is 0. The van der Waals surface area contributed by atoms with E-state index in [1.54, 1.807) is 6.92 Å². The second-order valence-corrected chi connectivity index (χ2v) is 7.93. The highest BCUT2D eigenvalue weighted by Crippen LogP contribution is 2.33. The molecule has 2 aromatic carbocycles. The lowest BCUT2D eigenvalue weighted by atomic mass is 9.77. The van der Waals surface area contributed by atoms with E-state index in [1.807, 2.05) is 0 Å². The third-order valence-electron chi connectivity index (χ3n) is 5.34. The highest BCUT2D eigenvalue weighted by Gasteiger charge is 2.39. The Bertz CT molecular complexity index is 1090. The van der Waals surface area contributed by atoms with E-state index in [4.69, 9.17) is 4.74 Å². The molecule has 0 aliphatic heterocycles. The van der Waals surface area contributed by atoms with Gasteiger partial charge in [-0.3, -0.25) is 0 Å². The largest absolute Gasteiger partial charge is 0.449 e. The van der Waals surface area contributed by atoms with Gasteiger partial charge in [0.2, 0.25) is 0 Å². The molecule has 3 aromatic rings. The molecule has 0 spiro atoms. The first-order valence-electron chi connectivity index (χ1n) is 9.63. The number of carbonyl (C=O) groups is 1. The average molecular weight is 418 g/mol. The number of alkyl carbamates (subject to hydrolysis) is 1. The second kappa shape index (κ2) is 7.68. The minimum absolute atomic E-state index is 0.0196. The van der Waals surface area contributed by atoms with Crippen LogP contribution >= 0.6 is 0 Å². The summed E-state index contributed by atoms with van der Waals surface area (Å²) in [5.41, 5.74) is 1.04. The van der Waals surface area contributed by atoms with Crippen molar-refractivity contribution in [2.24, 2.45) is 0 Å². The number of carbonyl (C=O) groups excluding carboxylic acids is 1. The maximum Gasteiger partial charge on any atom is 0.407 e. The van der Waals surface area contributed by atoms with Crippen LogP contribution in [0.5, 0.6) is 0 Å². The summed E-state index contributed by atoms with van der Waals surface area (Å²) in [6, 6.07) is 7.49.